The number of aliphatic imine (C=N–C) groups is 1. The molecule has 2 rings (SSSR count). The summed E-state index contributed by atoms with van der Waals surface area (Å²) in [5, 5.41) is 3.61. The number of halogens is 1. The van der Waals surface area contributed by atoms with Crippen molar-refractivity contribution in [3.63, 3.8) is 0 Å². The van der Waals surface area contributed by atoms with Gasteiger partial charge < -0.3 is 20.0 Å². The molecule has 0 bridgehead atoms. The third-order valence-corrected chi connectivity index (χ3v) is 6.55. The molecule has 2 heterocycles. The Balaban J connectivity index is 0.00000364. The first-order valence-corrected chi connectivity index (χ1v) is 11.1. The predicted molar refractivity (Wildman–Crippen MR) is 128 cm³/mol. The molecule has 5 nitrogen and oxygen atoms in total. The van der Waals surface area contributed by atoms with Crippen LogP contribution in [0.5, 0.6) is 0 Å². The van der Waals surface area contributed by atoms with Crippen LogP contribution in [0.3, 0.4) is 0 Å². The molecule has 0 saturated carbocycles. The van der Waals surface area contributed by atoms with E-state index in [1.165, 1.54) is 84.5 Å². The topological polar surface area (TPSA) is 34.1 Å². The summed E-state index contributed by atoms with van der Waals surface area (Å²) in [6, 6.07) is 0. The second kappa shape index (κ2) is 14.0. The summed E-state index contributed by atoms with van der Waals surface area (Å²) in [4.78, 5) is 12.2. The Morgan fingerprint density at radius 2 is 1.67 bits per heavy atom. The number of unbranched alkanes of at least 4 members (excludes halogenated alkanes) is 1. The van der Waals surface area contributed by atoms with Crippen molar-refractivity contribution in [1.29, 1.82) is 0 Å². The minimum absolute atomic E-state index is 0. The van der Waals surface area contributed by atoms with Crippen LogP contribution in [0.1, 0.15) is 52.9 Å². The average molecular weight is 494 g/mol. The lowest BCUT2D eigenvalue weighted by Gasteiger charge is -2.34. The van der Waals surface area contributed by atoms with Crippen LogP contribution in [-0.2, 0) is 0 Å². The van der Waals surface area contributed by atoms with Gasteiger partial charge in [-0.05, 0) is 44.2 Å². The Morgan fingerprint density at radius 1 is 1.00 bits per heavy atom. The molecule has 0 amide bonds. The fourth-order valence-electron chi connectivity index (χ4n) is 4.64. The summed E-state index contributed by atoms with van der Waals surface area (Å²) < 4.78 is 0. The van der Waals surface area contributed by atoms with Crippen molar-refractivity contribution in [1.82, 2.24) is 20.0 Å². The molecule has 1 atom stereocenters. The third kappa shape index (κ3) is 8.05. The van der Waals surface area contributed by atoms with Crippen molar-refractivity contribution in [3.8, 4) is 0 Å². The molecular weight excluding hydrogens is 449 g/mol. The van der Waals surface area contributed by atoms with E-state index in [-0.39, 0.29) is 24.0 Å². The Labute approximate surface area is 185 Å². The summed E-state index contributed by atoms with van der Waals surface area (Å²) in [7, 11) is 1.93. The standard InChI is InChI=1S/C21H43N5.HI/c1-5-19(6-2)20-10-13-26(18-20)21(22-4)23-11-8-9-12-25-16-14-24(7-3)15-17-25;/h19-20H,5-18H2,1-4H3,(H,22,23);1H. The van der Waals surface area contributed by atoms with E-state index < -0.39 is 0 Å². The van der Waals surface area contributed by atoms with Gasteiger partial charge in [0, 0.05) is 52.9 Å². The molecule has 1 N–H and O–H groups in total. The molecule has 0 aliphatic carbocycles. The van der Waals surface area contributed by atoms with E-state index in [9.17, 15) is 0 Å². The monoisotopic (exact) mass is 493 g/mol. The molecular formula is C21H44IN5. The maximum atomic E-state index is 4.54. The number of hydrogen-bond donors (Lipinski definition) is 1. The zero-order valence-electron chi connectivity index (χ0n) is 18.3. The fraction of sp³-hybridized carbons (Fsp3) is 0.952. The smallest absolute Gasteiger partial charge is 0.193 e. The van der Waals surface area contributed by atoms with E-state index in [1.54, 1.807) is 0 Å². The number of rotatable bonds is 9. The van der Waals surface area contributed by atoms with Crippen LogP contribution in [-0.4, -0.2) is 86.6 Å². The van der Waals surface area contributed by atoms with E-state index >= 15 is 0 Å². The lowest BCUT2D eigenvalue weighted by Crippen LogP contribution is -2.46. The van der Waals surface area contributed by atoms with E-state index in [1.807, 2.05) is 7.05 Å². The SMILES string of the molecule is CCC(CC)C1CCN(C(=NC)NCCCCN2CCN(CC)CC2)C1.I. The average Bonchev–Trinajstić information content (AvgIpc) is 3.16. The summed E-state index contributed by atoms with van der Waals surface area (Å²) in [6.45, 7) is 17.8. The minimum atomic E-state index is 0. The zero-order chi connectivity index (χ0) is 18.8. The second-order valence-electron chi connectivity index (χ2n) is 8.03. The van der Waals surface area contributed by atoms with Gasteiger partial charge in [0.25, 0.3) is 0 Å². The largest absolute Gasteiger partial charge is 0.356 e. The summed E-state index contributed by atoms with van der Waals surface area (Å²) in [6.07, 6.45) is 6.47. The van der Waals surface area contributed by atoms with Crippen molar-refractivity contribution in [3.05, 3.63) is 0 Å². The van der Waals surface area contributed by atoms with Crippen molar-refractivity contribution in [2.24, 2.45) is 16.8 Å². The normalized spacial score (nSPS) is 22.3. The highest BCUT2D eigenvalue weighted by Crippen LogP contribution is 2.28. The predicted octanol–water partition coefficient (Wildman–Crippen LogP) is 3.36. The molecule has 2 aliphatic heterocycles. The Hall–Kier alpha value is -0.0800. The number of piperazine rings is 1. The van der Waals surface area contributed by atoms with Gasteiger partial charge >= 0.3 is 0 Å². The van der Waals surface area contributed by atoms with E-state index in [4.69, 9.17) is 0 Å². The van der Waals surface area contributed by atoms with Gasteiger partial charge in [-0.2, -0.15) is 0 Å². The molecule has 2 aliphatic rings. The molecule has 0 aromatic carbocycles. The zero-order valence-corrected chi connectivity index (χ0v) is 20.6. The summed E-state index contributed by atoms with van der Waals surface area (Å²) in [5.41, 5.74) is 0. The highest BCUT2D eigenvalue weighted by atomic mass is 127. The van der Waals surface area contributed by atoms with Crippen LogP contribution in [0, 0.1) is 11.8 Å². The highest BCUT2D eigenvalue weighted by Gasteiger charge is 2.29. The molecule has 160 valence electrons. The first-order chi connectivity index (χ1) is 12.7. The van der Waals surface area contributed by atoms with Crippen LogP contribution < -0.4 is 5.32 Å². The fourth-order valence-corrected chi connectivity index (χ4v) is 4.64. The molecule has 27 heavy (non-hydrogen) atoms. The molecule has 1 unspecified atom stereocenters. The molecule has 0 aromatic rings. The molecule has 0 spiro atoms. The molecule has 2 fully saturated rings. The molecule has 6 heteroatoms. The third-order valence-electron chi connectivity index (χ3n) is 6.55. The van der Waals surface area contributed by atoms with Crippen LogP contribution in [0.2, 0.25) is 0 Å². The number of hydrogen-bond acceptors (Lipinski definition) is 3. The number of nitrogens with zero attached hydrogens (tertiary/aromatic N) is 4. The van der Waals surface area contributed by atoms with Gasteiger partial charge in [0.05, 0.1) is 0 Å². The van der Waals surface area contributed by atoms with Crippen LogP contribution in [0.15, 0.2) is 4.99 Å². The number of nitrogens with one attached hydrogen (secondary N) is 1. The first-order valence-electron chi connectivity index (χ1n) is 11.1. The summed E-state index contributed by atoms with van der Waals surface area (Å²) >= 11 is 0. The quantitative estimate of drug-likeness (QED) is 0.231. The Kier molecular flexibility index (Phi) is 12.9. The Bertz CT molecular complexity index is 405. The summed E-state index contributed by atoms with van der Waals surface area (Å²) in [5.74, 6) is 2.85. The van der Waals surface area contributed by atoms with Gasteiger partial charge in [-0.1, -0.05) is 33.6 Å². The minimum Gasteiger partial charge on any atom is -0.356 e. The van der Waals surface area contributed by atoms with Gasteiger partial charge in [-0.3, -0.25) is 4.99 Å². The number of likely N-dealkylation sites (N-methyl/N-ethyl adjacent to an activating group) is 1. The van der Waals surface area contributed by atoms with Gasteiger partial charge in [0.15, 0.2) is 5.96 Å². The maximum Gasteiger partial charge on any atom is 0.193 e. The van der Waals surface area contributed by atoms with Crippen LogP contribution in [0.4, 0.5) is 0 Å². The van der Waals surface area contributed by atoms with Gasteiger partial charge in [0.1, 0.15) is 0 Å². The highest BCUT2D eigenvalue weighted by molar-refractivity contribution is 14.0. The maximum absolute atomic E-state index is 4.54. The molecule has 2 saturated heterocycles. The Morgan fingerprint density at radius 3 is 2.26 bits per heavy atom. The lowest BCUT2D eigenvalue weighted by molar-refractivity contribution is 0.136. The molecule has 0 radical (unpaired) electrons. The van der Waals surface area contributed by atoms with Gasteiger partial charge in [0.2, 0.25) is 0 Å². The van der Waals surface area contributed by atoms with Gasteiger partial charge in [-0.25, -0.2) is 0 Å². The van der Waals surface area contributed by atoms with Crippen LogP contribution in [0.25, 0.3) is 0 Å². The van der Waals surface area contributed by atoms with Crippen molar-refractivity contribution >= 4 is 29.9 Å². The van der Waals surface area contributed by atoms with Crippen LogP contribution >= 0.6 is 24.0 Å². The molecule has 0 aromatic heterocycles. The first kappa shape index (κ1) is 25.0. The van der Waals surface area contributed by atoms with E-state index in [0.29, 0.717) is 0 Å². The van der Waals surface area contributed by atoms with Crippen molar-refractivity contribution < 1.29 is 0 Å². The van der Waals surface area contributed by atoms with Gasteiger partial charge in [-0.15, -0.1) is 24.0 Å². The van der Waals surface area contributed by atoms with Crippen molar-refractivity contribution in [2.45, 2.75) is 52.9 Å². The number of guanidine groups is 1. The van der Waals surface area contributed by atoms with Crippen molar-refractivity contribution in [2.75, 3.05) is 66.0 Å². The van der Waals surface area contributed by atoms with E-state index in [2.05, 4.69) is 45.8 Å². The number of likely N-dealkylation sites (tertiary alicyclic amines) is 1. The second-order valence-corrected chi connectivity index (χ2v) is 8.03. The van der Waals surface area contributed by atoms with E-state index in [0.717, 1.165) is 24.3 Å². The lowest BCUT2D eigenvalue weighted by atomic mass is 9.87.